The molecule has 59 heavy (non-hydrogen) atoms. The number of amides is 1. The van der Waals surface area contributed by atoms with Crippen molar-refractivity contribution in [2.24, 2.45) is 0 Å². The van der Waals surface area contributed by atoms with Crippen molar-refractivity contribution in [3.8, 4) is 0 Å². The maximum Gasteiger partial charge on any atom is 0.221 e. The summed E-state index contributed by atoms with van der Waals surface area (Å²) < 4.78 is 50.5. The molecule has 0 radical (unpaired) electrons. The number of hydrogen-bond acceptors (Lipinski definition) is 26. The van der Waals surface area contributed by atoms with Crippen LogP contribution in [-0.4, -0.2) is 274 Å². The smallest absolute Gasteiger partial charge is 0.221 e. The summed E-state index contributed by atoms with van der Waals surface area (Å²) in [4.78, 5) is 12.5. The molecule has 0 spiro atoms. The molecular weight excluding hydrogens is 814 g/mol. The zero-order chi connectivity index (χ0) is 43.7. The summed E-state index contributed by atoms with van der Waals surface area (Å²) in [5, 5.41) is 169. The maximum atomic E-state index is 12.5. The van der Waals surface area contributed by atoms with E-state index in [1.807, 2.05) is 0 Å². The van der Waals surface area contributed by atoms with E-state index in [1.165, 1.54) is 0 Å². The second-order valence-electron chi connectivity index (χ2n) is 14.8. The van der Waals surface area contributed by atoms with Gasteiger partial charge in [-0.25, -0.2) is 0 Å². The molecule has 0 aromatic heterocycles. The molecule has 0 bridgehead atoms. The molecule has 0 aliphatic carbocycles. The minimum absolute atomic E-state index is 0.654. The fraction of sp³-hybridized carbons (Fsp3) is 0.969. The highest BCUT2D eigenvalue weighted by atomic mass is 16.8. The Hall–Kier alpha value is -1.53. The monoisotopic (exact) mass is 869 g/mol. The molecule has 1 amide bonds. The average molecular weight is 870 g/mol. The van der Waals surface area contributed by atoms with E-state index in [0.717, 1.165) is 6.92 Å². The van der Waals surface area contributed by atoms with Gasteiger partial charge in [-0.2, -0.15) is 0 Å². The molecule has 0 aromatic carbocycles. The van der Waals surface area contributed by atoms with Gasteiger partial charge in [0, 0.05) is 6.92 Å². The van der Waals surface area contributed by atoms with Gasteiger partial charge in [-0.3, -0.25) is 4.79 Å². The van der Waals surface area contributed by atoms with Gasteiger partial charge in [0.05, 0.1) is 33.0 Å². The SMILES string of the molecule is CC(=O)N[C@H]1[C@H](O[C@H]2[C@H](O)[C@H](O)[C@@H](O[C@H]3[C@H](O)[C@H](O)[C@@H](O)O[C@@H]3CO)O[C@@H]2CO)O[C@H](CO[C@]2(CO)OC[C@@H](O)[C@@H](O)[C@@H]2O)[C@@H](O[C@H]2O[C@H](CO)[C@@H](O)[C@H](O)[C@@H]2O)[C@@H]1O. The van der Waals surface area contributed by atoms with E-state index in [2.05, 4.69) is 5.32 Å². The summed E-state index contributed by atoms with van der Waals surface area (Å²) >= 11 is 0. The summed E-state index contributed by atoms with van der Waals surface area (Å²) in [6, 6.07) is -1.75. The van der Waals surface area contributed by atoms with Crippen LogP contribution in [0, 0.1) is 0 Å². The molecule has 27 heteroatoms. The molecule has 5 aliphatic heterocycles. The lowest BCUT2D eigenvalue weighted by Gasteiger charge is -2.50. The fourth-order valence-electron chi connectivity index (χ4n) is 7.36. The van der Waals surface area contributed by atoms with Crippen LogP contribution < -0.4 is 5.32 Å². The standard InChI is InChI=1S/C32H55NO26/c1-8(38)33-14-17(42)26(59-30-22(47)18(43)16(41)10(2-34)54-30)13(6-52-32(7-37)27(49)15(40)9(39)5-51-32)56-29(14)57-25-12(4-36)55-31(23(48)20(25)45)58-24-11(3-35)53-28(50)21(46)19(24)44/h9-31,34-37,39-50H,2-7H2,1H3,(H,33,38)/t9-,10-,11-,12-,13-,14-,15-,16-,17-,18+,19-,20-,21+,22+,23+,24-,25-,26-,27+,28+,29+,30-,31-,32+/m1/s1. The predicted octanol–water partition coefficient (Wildman–Crippen LogP) is -11.8. The van der Waals surface area contributed by atoms with E-state index in [4.69, 9.17) is 42.6 Å². The van der Waals surface area contributed by atoms with E-state index < -0.39 is 192 Å². The van der Waals surface area contributed by atoms with Crippen molar-refractivity contribution in [1.29, 1.82) is 0 Å². The van der Waals surface area contributed by atoms with E-state index >= 15 is 0 Å². The largest absolute Gasteiger partial charge is 0.394 e. The van der Waals surface area contributed by atoms with Gasteiger partial charge in [0.15, 0.2) is 25.2 Å². The van der Waals surface area contributed by atoms with Crippen LogP contribution in [0.15, 0.2) is 0 Å². The van der Waals surface area contributed by atoms with E-state index in [9.17, 15) is 86.5 Å². The van der Waals surface area contributed by atoms with Crippen molar-refractivity contribution < 1.29 is 129 Å². The highest BCUT2D eigenvalue weighted by Crippen LogP contribution is 2.36. The summed E-state index contributed by atoms with van der Waals surface area (Å²) in [5.74, 6) is -3.29. The quantitative estimate of drug-likeness (QED) is 0.0770. The third-order valence-corrected chi connectivity index (χ3v) is 10.8. The van der Waals surface area contributed by atoms with Crippen LogP contribution in [0.1, 0.15) is 6.92 Å². The maximum absolute atomic E-state index is 12.5. The first-order valence-electron chi connectivity index (χ1n) is 18.6. The normalized spacial score (nSPS) is 51.0. The summed E-state index contributed by atoms with van der Waals surface area (Å²) in [6.07, 6.45) is -41.2. The number of carbonyl (C=O) groups excluding carboxylic acids is 1. The number of ether oxygens (including phenoxy) is 9. The number of rotatable bonds is 14. The number of aliphatic hydroxyl groups excluding tert-OH is 16. The van der Waals surface area contributed by atoms with Gasteiger partial charge in [0.1, 0.15) is 123 Å². The van der Waals surface area contributed by atoms with Crippen LogP contribution >= 0.6 is 0 Å². The lowest BCUT2D eigenvalue weighted by atomic mass is 9.94. The Bertz CT molecular complexity index is 1340. The minimum Gasteiger partial charge on any atom is -0.394 e. The number of nitrogens with one attached hydrogen (secondary N) is 1. The minimum atomic E-state index is -2.46. The second kappa shape index (κ2) is 20.3. The number of aliphatic hydroxyl groups is 16. The Kier molecular flexibility index (Phi) is 16.7. The molecule has 0 saturated carbocycles. The van der Waals surface area contributed by atoms with Crippen molar-refractivity contribution >= 4 is 5.91 Å². The first-order chi connectivity index (χ1) is 27.8. The van der Waals surface area contributed by atoms with Gasteiger partial charge < -0.3 is 130 Å². The topological polar surface area (TPSA) is 436 Å². The Morgan fingerprint density at radius 1 is 0.576 bits per heavy atom. The van der Waals surface area contributed by atoms with E-state index in [1.54, 1.807) is 0 Å². The number of hydrogen-bond donors (Lipinski definition) is 17. The van der Waals surface area contributed by atoms with Gasteiger partial charge in [-0.1, -0.05) is 0 Å². The Morgan fingerprint density at radius 3 is 1.63 bits per heavy atom. The molecule has 17 N–H and O–H groups in total. The second-order valence-corrected chi connectivity index (χ2v) is 14.8. The van der Waals surface area contributed by atoms with Crippen LogP contribution in [0.5, 0.6) is 0 Å². The third kappa shape index (κ3) is 10.00. The van der Waals surface area contributed by atoms with Gasteiger partial charge in [0.2, 0.25) is 11.7 Å². The molecule has 0 unspecified atom stereocenters. The fourth-order valence-corrected chi connectivity index (χ4v) is 7.36. The molecule has 5 aliphatic rings. The van der Waals surface area contributed by atoms with Crippen LogP contribution in [0.25, 0.3) is 0 Å². The molecule has 344 valence electrons. The Balaban J connectivity index is 1.42. The van der Waals surface area contributed by atoms with Crippen molar-refractivity contribution in [3.05, 3.63) is 0 Å². The van der Waals surface area contributed by atoms with Crippen LogP contribution in [0.2, 0.25) is 0 Å². The molecule has 5 heterocycles. The van der Waals surface area contributed by atoms with Crippen molar-refractivity contribution in [2.75, 3.05) is 39.6 Å². The van der Waals surface area contributed by atoms with E-state index in [-0.39, 0.29) is 0 Å². The van der Waals surface area contributed by atoms with Crippen LogP contribution in [0.3, 0.4) is 0 Å². The van der Waals surface area contributed by atoms with Gasteiger partial charge in [-0.05, 0) is 0 Å². The predicted molar refractivity (Wildman–Crippen MR) is 178 cm³/mol. The first-order valence-corrected chi connectivity index (χ1v) is 18.6. The first kappa shape index (κ1) is 48.5. The van der Waals surface area contributed by atoms with Crippen molar-refractivity contribution in [1.82, 2.24) is 5.32 Å². The molecule has 27 nitrogen and oxygen atoms in total. The molecule has 0 aromatic rings. The van der Waals surface area contributed by atoms with Crippen molar-refractivity contribution in [3.63, 3.8) is 0 Å². The third-order valence-electron chi connectivity index (χ3n) is 10.8. The molecule has 24 atom stereocenters. The molecule has 5 fully saturated rings. The van der Waals surface area contributed by atoms with E-state index in [0.29, 0.717) is 0 Å². The summed E-state index contributed by atoms with van der Waals surface area (Å²) in [6.45, 7) is -4.45. The lowest BCUT2D eigenvalue weighted by molar-refractivity contribution is -0.388. The molecule has 5 rings (SSSR count). The highest BCUT2D eigenvalue weighted by Gasteiger charge is 2.57. The van der Waals surface area contributed by atoms with Gasteiger partial charge in [0.25, 0.3) is 0 Å². The van der Waals surface area contributed by atoms with Gasteiger partial charge >= 0.3 is 0 Å². The lowest BCUT2D eigenvalue weighted by Crippen LogP contribution is -2.70. The van der Waals surface area contributed by atoms with Crippen LogP contribution in [0.4, 0.5) is 0 Å². The average Bonchev–Trinajstić information content (AvgIpc) is 3.21. The molecular formula is C32H55NO26. The zero-order valence-corrected chi connectivity index (χ0v) is 31.3. The van der Waals surface area contributed by atoms with Gasteiger partial charge in [-0.15, -0.1) is 0 Å². The zero-order valence-electron chi connectivity index (χ0n) is 31.3. The Labute approximate surface area is 333 Å². The molecule has 5 saturated heterocycles. The Morgan fingerprint density at radius 2 is 1.07 bits per heavy atom. The summed E-state index contributed by atoms with van der Waals surface area (Å²) in [5.41, 5.74) is 0. The highest BCUT2D eigenvalue weighted by molar-refractivity contribution is 5.73. The van der Waals surface area contributed by atoms with Crippen LogP contribution in [-0.2, 0) is 47.4 Å². The number of carbonyl (C=O) groups is 1. The van der Waals surface area contributed by atoms with Crippen molar-refractivity contribution in [2.45, 2.75) is 154 Å². The summed E-state index contributed by atoms with van der Waals surface area (Å²) in [7, 11) is 0.